The molecule has 2 aliphatic rings. The molecule has 1 aromatic carbocycles. The summed E-state index contributed by atoms with van der Waals surface area (Å²) in [5.74, 6) is -0.515. The maximum Gasteiger partial charge on any atom is 0.258 e. The number of carbonyl (C=O) groups excluding carboxylic acids is 1. The molecule has 1 fully saturated rings. The average Bonchev–Trinajstić information content (AvgIpc) is 2.50. The second kappa shape index (κ2) is 4.00. The summed E-state index contributed by atoms with van der Waals surface area (Å²) in [6, 6.07) is 4.46. The van der Waals surface area contributed by atoms with Crippen molar-refractivity contribution in [3.8, 4) is 5.75 Å². The first kappa shape index (κ1) is 10.5. The first-order valence-electron chi connectivity index (χ1n) is 5.70. The first-order valence-corrected chi connectivity index (χ1v) is 5.70. The zero-order valence-electron chi connectivity index (χ0n) is 9.28. The Morgan fingerprint density at radius 2 is 2.35 bits per heavy atom. The van der Waals surface area contributed by atoms with Gasteiger partial charge in [0.15, 0.2) is 11.6 Å². The molecule has 1 unspecified atom stereocenters. The topological polar surface area (TPSA) is 41.6 Å². The quantitative estimate of drug-likeness (QED) is 0.718. The number of ether oxygens (including phenoxy) is 1. The molecule has 0 aromatic heterocycles. The lowest BCUT2D eigenvalue weighted by atomic mass is 10.1. The van der Waals surface area contributed by atoms with Gasteiger partial charge in [0, 0.05) is 19.6 Å². The lowest BCUT2D eigenvalue weighted by Gasteiger charge is -2.33. The molecule has 0 spiro atoms. The summed E-state index contributed by atoms with van der Waals surface area (Å²) in [7, 11) is 0. The monoisotopic (exact) mass is 236 g/mol. The Bertz CT molecular complexity index is 464. The number of benzene rings is 1. The molecule has 1 aromatic rings. The maximum absolute atomic E-state index is 13.6. The van der Waals surface area contributed by atoms with Crippen molar-refractivity contribution >= 4 is 5.91 Å². The molecule has 0 bridgehead atoms. The molecule has 0 aliphatic carbocycles. The van der Waals surface area contributed by atoms with Crippen LogP contribution in [0.5, 0.6) is 5.75 Å². The summed E-state index contributed by atoms with van der Waals surface area (Å²) in [5, 5.41) is 3.21. The van der Waals surface area contributed by atoms with E-state index in [0.29, 0.717) is 25.3 Å². The van der Waals surface area contributed by atoms with Crippen LogP contribution in [0.3, 0.4) is 0 Å². The van der Waals surface area contributed by atoms with Crippen LogP contribution in [0.15, 0.2) is 18.2 Å². The minimum Gasteiger partial charge on any atom is -0.487 e. The Kier molecular flexibility index (Phi) is 2.48. The average molecular weight is 236 g/mol. The van der Waals surface area contributed by atoms with Crippen molar-refractivity contribution in [2.75, 3.05) is 26.2 Å². The van der Waals surface area contributed by atoms with E-state index in [2.05, 4.69) is 5.32 Å². The van der Waals surface area contributed by atoms with Gasteiger partial charge in [-0.2, -0.15) is 0 Å². The van der Waals surface area contributed by atoms with Gasteiger partial charge in [0.2, 0.25) is 0 Å². The fourth-order valence-corrected chi connectivity index (χ4v) is 2.34. The number of nitrogens with one attached hydrogen (secondary N) is 1. The largest absolute Gasteiger partial charge is 0.487 e. The SMILES string of the molecule is O=C1c2cccc(F)c2OCC2CNCCN12. The molecule has 1 N–H and O–H groups in total. The third kappa shape index (κ3) is 1.67. The molecule has 1 amide bonds. The number of fused-ring (bicyclic) bond motifs is 2. The van der Waals surface area contributed by atoms with Gasteiger partial charge in [-0.25, -0.2) is 4.39 Å². The minimum absolute atomic E-state index is 0.0111. The molecule has 0 saturated carbocycles. The van der Waals surface area contributed by atoms with E-state index in [-0.39, 0.29) is 17.7 Å². The van der Waals surface area contributed by atoms with Crippen LogP contribution in [0.1, 0.15) is 10.4 Å². The molecular formula is C12H13FN2O2. The Morgan fingerprint density at radius 3 is 3.24 bits per heavy atom. The number of hydrogen-bond donors (Lipinski definition) is 1. The first-order chi connectivity index (χ1) is 8.27. The second-order valence-electron chi connectivity index (χ2n) is 4.28. The van der Waals surface area contributed by atoms with Gasteiger partial charge in [0.05, 0.1) is 11.6 Å². The molecule has 0 radical (unpaired) electrons. The van der Waals surface area contributed by atoms with Crippen LogP contribution in [0, 0.1) is 5.82 Å². The Hall–Kier alpha value is -1.62. The van der Waals surface area contributed by atoms with Crippen LogP contribution in [-0.2, 0) is 0 Å². The Balaban J connectivity index is 2.04. The van der Waals surface area contributed by atoms with Gasteiger partial charge in [-0.1, -0.05) is 6.07 Å². The van der Waals surface area contributed by atoms with Gasteiger partial charge < -0.3 is 15.0 Å². The van der Waals surface area contributed by atoms with Crippen LogP contribution < -0.4 is 10.1 Å². The van der Waals surface area contributed by atoms with Crippen LogP contribution in [-0.4, -0.2) is 43.1 Å². The zero-order valence-corrected chi connectivity index (χ0v) is 9.28. The number of halogens is 1. The van der Waals surface area contributed by atoms with Crippen molar-refractivity contribution in [2.24, 2.45) is 0 Å². The van der Waals surface area contributed by atoms with Gasteiger partial charge in [0.1, 0.15) is 6.61 Å². The number of amides is 1. The normalized spacial score (nSPS) is 23.5. The number of hydrogen-bond acceptors (Lipinski definition) is 3. The van der Waals surface area contributed by atoms with Gasteiger partial charge in [-0.3, -0.25) is 4.79 Å². The van der Waals surface area contributed by atoms with Crippen molar-refractivity contribution in [1.29, 1.82) is 0 Å². The molecular weight excluding hydrogens is 223 g/mol. The molecule has 3 rings (SSSR count). The van der Waals surface area contributed by atoms with Crippen molar-refractivity contribution in [3.05, 3.63) is 29.6 Å². The third-order valence-electron chi connectivity index (χ3n) is 3.23. The third-order valence-corrected chi connectivity index (χ3v) is 3.23. The van der Waals surface area contributed by atoms with E-state index in [4.69, 9.17) is 4.74 Å². The van der Waals surface area contributed by atoms with Gasteiger partial charge >= 0.3 is 0 Å². The predicted molar refractivity (Wildman–Crippen MR) is 59.6 cm³/mol. The van der Waals surface area contributed by atoms with E-state index in [9.17, 15) is 9.18 Å². The lowest BCUT2D eigenvalue weighted by molar-refractivity contribution is 0.0606. The fourth-order valence-electron chi connectivity index (χ4n) is 2.34. The van der Waals surface area contributed by atoms with Crippen LogP contribution in [0.4, 0.5) is 4.39 Å². The number of nitrogens with zero attached hydrogens (tertiary/aromatic N) is 1. The van der Waals surface area contributed by atoms with Gasteiger partial charge in [-0.05, 0) is 12.1 Å². The zero-order chi connectivity index (χ0) is 11.8. The molecule has 5 heteroatoms. The van der Waals surface area contributed by atoms with Crippen molar-refractivity contribution in [1.82, 2.24) is 10.2 Å². The number of piperazine rings is 1. The molecule has 2 aliphatic heterocycles. The van der Waals surface area contributed by atoms with E-state index in [1.165, 1.54) is 12.1 Å². The van der Waals surface area contributed by atoms with E-state index in [1.54, 1.807) is 11.0 Å². The molecule has 1 saturated heterocycles. The van der Waals surface area contributed by atoms with Crippen LogP contribution in [0.2, 0.25) is 0 Å². The van der Waals surface area contributed by atoms with Crippen molar-refractivity contribution in [3.63, 3.8) is 0 Å². The standard InChI is InChI=1S/C12H13FN2O2/c13-10-3-1-2-9-11(10)17-7-8-6-14-4-5-15(8)12(9)16/h1-3,8,14H,4-7H2. The molecule has 4 nitrogen and oxygen atoms in total. The van der Waals surface area contributed by atoms with E-state index in [1.807, 2.05) is 0 Å². The van der Waals surface area contributed by atoms with Gasteiger partial charge in [0.25, 0.3) is 5.91 Å². The second-order valence-corrected chi connectivity index (χ2v) is 4.28. The molecule has 2 heterocycles. The van der Waals surface area contributed by atoms with E-state index >= 15 is 0 Å². The Labute approximate surface area is 98.4 Å². The fraction of sp³-hybridized carbons (Fsp3) is 0.417. The smallest absolute Gasteiger partial charge is 0.258 e. The molecule has 90 valence electrons. The number of para-hydroxylation sites is 1. The van der Waals surface area contributed by atoms with Gasteiger partial charge in [-0.15, -0.1) is 0 Å². The molecule has 1 atom stereocenters. The van der Waals surface area contributed by atoms with Crippen LogP contribution >= 0.6 is 0 Å². The number of rotatable bonds is 0. The molecule has 17 heavy (non-hydrogen) atoms. The minimum atomic E-state index is -0.469. The summed E-state index contributed by atoms with van der Waals surface area (Å²) < 4.78 is 19.0. The van der Waals surface area contributed by atoms with Crippen LogP contribution in [0.25, 0.3) is 0 Å². The highest BCUT2D eigenvalue weighted by Gasteiger charge is 2.33. The van der Waals surface area contributed by atoms with Crippen molar-refractivity contribution < 1.29 is 13.9 Å². The van der Waals surface area contributed by atoms with E-state index < -0.39 is 5.82 Å². The predicted octanol–water partition coefficient (Wildman–Crippen LogP) is 0.632. The van der Waals surface area contributed by atoms with E-state index in [0.717, 1.165) is 6.54 Å². The Morgan fingerprint density at radius 1 is 1.47 bits per heavy atom. The highest BCUT2D eigenvalue weighted by Crippen LogP contribution is 2.28. The summed E-state index contributed by atoms with van der Waals surface area (Å²) in [6.07, 6.45) is 0. The summed E-state index contributed by atoms with van der Waals surface area (Å²) in [5.41, 5.74) is 0.328. The highest BCUT2D eigenvalue weighted by molar-refractivity contribution is 5.97. The summed E-state index contributed by atoms with van der Waals surface area (Å²) in [6.45, 7) is 2.45. The van der Waals surface area contributed by atoms with Crippen molar-refractivity contribution in [2.45, 2.75) is 6.04 Å². The maximum atomic E-state index is 13.6. The number of carbonyl (C=O) groups is 1. The highest BCUT2D eigenvalue weighted by atomic mass is 19.1. The summed E-state index contributed by atoms with van der Waals surface area (Å²) in [4.78, 5) is 14.0. The summed E-state index contributed by atoms with van der Waals surface area (Å²) >= 11 is 0. The lowest BCUT2D eigenvalue weighted by Crippen LogP contribution is -2.54.